The Morgan fingerprint density at radius 1 is 0.667 bits per heavy atom. The van der Waals surface area contributed by atoms with Crippen molar-refractivity contribution in [1.82, 2.24) is 9.97 Å². The van der Waals surface area contributed by atoms with Crippen molar-refractivity contribution in [2.45, 2.75) is 13.2 Å². The summed E-state index contributed by atoms with van der Waals surface area (Å²) in [5.41, 5.74) is 3.81. The fourth-order valence-corrected chi connectivity index (χ4v) is 2.84. The van der Waals surface area contributed by atoms with Crippen LogP contribution in [0.25, 0.3) is 0 Å². The lowest BCUT2D eigenvalue weighted by Crippen LogP contribution is -2.01. The molecule has 2 heterocycles. The molecule has 36 heavy (non-hydrogen) atoms. The van der Waals surface area contributed by atoms with Crippen LogP contribution < -0.4 is 9.47 Å². The lowest BCUT2D eigenvalue weighted by atomic mass is 10.1. The van der Waals surface area contributed by atoms with Crippen molar-refractivity contribution in [2.75, 3.05) is 40.5 Å². The Hall–Kier alpha value is -3.88. The summed E-state index contributed by atoms with van der Waals surface area (Å²) in [6, 6.07) is 15.6. The Morgan fingerprint density at radius 3 is 1.42 bits per heavy atom. The number of pyridine rings is 2. The first-order valence-electron chi connectivity index (χ1n) is 11.5. The van der Waals surface area contributed by atoms with Crippen LogP contribution in [0.2, 0.25) is 0 Å². The SMILES string of the molecule is C=C.COc1ccc(C=NCCOCc2ccc(COCCN=Cc3ccc(OC)cn3)cc2)nc1. The smallest absolute Gasteiger partial charge is 0.137 e. The van der Waals surface area contributed by atoms with Gasteiger partial charge in [-0.15, -0.1) is 13.2 Å². The van der Waals surface area contributed by atoms with Gasteiger partial charge in [-0.3, -0.25) is 20.0 Å². The van der Waals surface area contributed by atoms with E-state index in [9.17, 15) is 0 Å². The van der Waals surface area contributed by atoms with Crippen LogP contribution in [0.15, 0.2) is 84.1 Å². The molecule has 0 aliphatic rings. The van der Waals surface area contributed by atoms with E-state index in [0.717, 1.165) is 34.0 Å². The van der Waals surface area contributed by atoms with E-state index < -0.39 is 0 Å². The van der Waals surface area contributed by atoms with Crippen molar-refractivity contribution in [3.8, 4) is 11.5 Å². The van der Waals surface area contributed by atoms with Gasteiger partial charge < -0.3 is 18.9 Å². The predicted octanol–water partition coefficient (Wildman–Crippen LogP) is 4.57. The van der Waals surface area contributed by atoms with Crippen molar-refractivity contribution >= 4 is 12.4 Å². The summed E-state index contributed by atoms with van der Waals surface area (Å²) in [5, 5.41) is 0. The van der Waals surface area contributed by atoms with Crippen LogP contribution >= 0.6 is 0 Å². The number of ether oxygens (including phenoxy) is 4. The van der Waals surface area contributed by atoms with Gasteiger partial charge in [-0.25, -0.2) is 0 Å². The van der Waals surface area contributed by atoms with Gasteiger partial charge in [-0.05, 0) is 35.4 Å². The molecule has 0 amide bonds. The molecule has 8 heteroatoms. The third-order valence-corrected chi connectivity index (χ3v) is 4.73. The maximum absolute atomic E-state index is 5.70. The number of rotatable bonds is 14. The first-order chi connectivity index (χ1) is 17.8. The van der Waals surface area contributed by atoms with E-state index in [1.54, 1.807) is 39.0 Å². The van der Waals surface area contributed by atoms with Crippen LogP contribution in [0.3, 0.4) is 0 Å². The molecule has 3 rings (SSSR count). The standard InChI is InChI=1S/C26H30N4O4.C2H4/c1-31-25-9-7-23(29-17-25)15-27-11-13-33-19-21-3-5-22(6-4-21)20-34-14-12-28-16-24-8-10-26(32-2)18-30-24;1-2/h3-10,15-18H,11-14,19-20H2,1-2H3;1-2H2. The monoisotopic (exact) mass is 490 g/mol. The maximum atomic E-state index is 5.70. The van der Waals surface area contributed by atoms with E-state index in [0.29, 0.717) is 39.5 Å². The van der Waals surface area contributed by atoms with Crippen LogP contribution in [0.5, 0.6) is 11.5 Å². The van der Waals surface area contributed by atoms with Crippen LogP contribution in [0.1, 0.15) is 22.5 Å². The van der Waals surface area contributed by atoms with E-state index in [-0.39, 0.29) is 0 Å². The highest BCUT2D eigenvalue weighted by Crippen LogP contribution is 2.09. The molecule has 0 bridgehead atoms. The van der Waals surface area contributed by atoms with E-state index in [2.05, 4.69) is 57.4 Å². The van der Waals surface area contributed by atoms with Gasteiger partial charge in [0.05, 0.1) is 77.5 Å². The summed E-state index contributed by atoms with van der Waals surface area (Å²) < 4.78 is 21.6. The van der Waals surface area contributed by atoms with Gasteiger partial charge in [-0.1, -0.05) is 24.3 Å². The molecule has 1 aromatic carbocycles. The highest BCUT2D eigenvalue weighted by atomic mass is 16.5. The minimum absolute atomic E-state index is 0.546. The lowest BCUT2D eigenvalue weighted by Gasteiger charge is -2.06. The van der Waals surface area contributed by atoms with Crippen molar-refractivity contribution in [1.29, 1.82) is 0 Å². The molecule has 0 atom stereocenters. The minimum atomic E-state index is 0.546. The summed E-state index contributed by atoms with van der Waals surface area (Å²) in [6.07, 6.45) is 6.81. The van der Waals surface area contributed by atoms with Gasteiger partial charge in [0.25, 0.3) is 0 Å². The molecule has 0 radical (unpaired) electrons. The van der Waals surface area contributed by atoms with Crippen molar-refractivity contribution in [3.63, 3.8) is 0 Å². The van der Waals surface area contributed by atoms with Gasteiger partial charge in [0.1, 0.15) is 11.5 Å². The number of hydrogen-bond donors (Lipinski definition) is 0. The van der Waals surface area contributed by atoms with Crippen molar-refractivity contribution in [3.05, 3.63) is 96.6 Å². The van der Waals surface area contributed by atoms with E-state index >= 15 is 0 Å². The van der Waals surface area contributed by atoms with E-state index in [4.69, 9.17) is 18.9 Å². The second-order valence-electron chi connectivity index (χ2n) is 7.24. The summed E-state index contributed by atoms with van der Waals surface area (Å²) in [6.45, 7) is 9.35. The van der Waals surface area contributed by atoms with Gasteiger partial charge in [-0.2, -0.15) is 0 Å². The highest BCUT2D eigenvalue weighted by molar-refractivity contribution is 5.77. The topological polar surface area (TPSA) is 87.4 Å². The lowest BCUT2D eigenvalue weighted by molar-refractivity contribution is 0.126. The van der Waals surface area contributed by atoms with Crippen molar-refractivity contribution < 1.29 is 18.9 Å². The third kappa shape index (κ3) is 11.0. The fourth-order valence-electron chi connectivity index (χ4n) is 2.84. The van der Waals surface area contributed by atoms with Crippen LogP contribution in [-0.4, -0.2) is 62.9 Å². The van der Waals surface area contributed by atoms with Crippen LogP contribution in [0, 0.1) is 0 Å². The molecule has 0 aliphatic carbocycles. The Balaban J connectivity index is 0.00000222. The van der Waals surface area contributed by atoms with Crippen LogP contribution in [-0.2, 0) is 22.7 Å². The molecule has 0 saturated carbocycles. The Kier molecular flexibility index (Phi) is 13.8. The quantitative estimate of drug-likeness (QED) is 0.187. The Morgan fingerprint density at radius 2 is 1.08 bits per heavy atom. The highest BCUT2D eigenvalue weighted by Gasteiger charge is 1.97. The normalized spacial score (nSPS) is 10.8. The molecule has 0 aliphatic heterocycles. The van der Waals surface area contributed by atoms with Gasteiger partial charge in [0.15, 0.2) is 0 Å². The average Bonchev–Trinajstić information content (AvgIpc) is 2.95. The number of aromatic nitrogens is 2. The summed E-state index contributed by atoms with van der Waals surface area (Å²) >= 11 is 0. The zero-order chi connectivity index (χ0) is 25.8. The van der Waals surface area contributed by atoms with Gasteiger partial charge in [0, 0.05) is 12.4 Å². The molecule has 190 valence electrons. The van der Waals surface area contributed by atoms with Gasteiger partial charge >= 0.3 is 0 Å². The molecule has 0 N–H and O–H groups in total. The summed E-state index contributed by atoms with van der Waals surface area (Å²) in [4.78, 5) is 17.1. The summed E-state index contributed by atoms with van der Waals surface area (Å²) in [7, 11) is 3.23. The molecule has 0 unspecified atom stereocenters. The molecule has 0 saturated heterocycles. The largest absolute Gasteiger partial charge is 0.495 e. The maximum Gasteiger partial charge on any atom is 0.137 e. The predicted molar refractivity (Wildman–Crippen MR) is 144 cm³/mol. The first-order valence-corrected chi connectivity index (χ1v) is 11.5. The van der Waals surface area contributed by atoms with Gasteiger partial charge in [0.2, 0.25) is 0 Å². The Labute approximate surface area is 213 Å². The average molecular weight is 491 g/mol. The molecular weight excluding hydrogens is 456 g/mol. The third-order valence-electron chi connectivity index (χ3n) is 4.73. The zero-order valence-corrected chi connectivity index (χ0v) is 21.0. The number of benzene rings is 1. The molecule has 0 fully saturated rings. The molecule has 2 aromatic heterocycles. The molecule has 8 nitrogen and oxygen atoms in total. The molecule has 3 aromatic rings. The second-order valence-corrected chi connectivity index (χ2v) is 7.24. The number of nitrogens with zero attached hydrogens (tertiary/aromatic N) is 4. The number of aliphatic imine (C=N–C) groups is 2. The first kappa shape index (κ1) is 28.4. The van der Waals surface area contributed by atoms with Crippen molar-refractivity contribution in [2.24, 2.45) is 9.98 Å². The fraction of sp³-hybridized carbons (Fsp3) is 0.286. The molecular formula is C28H34N4O4. The second kappa shape index (κ2) is 17.5. The Bertz CT molecular complexity index is 952. The zero-order valence-electron chi connectivity index (χ0n) is 21.0. The molecule has 0 spiro atoms. The van der Waals surface area contributed by atoms with E-state index in [1.807, 2.05) is 24.3 Å². The number of methoxy groups -OCH3 is 2. The number of hydrogen-bond acceptors (Lipinski definition) is 8. The summed E-state index contributed by atoms with van der Waals surface area (Å²) in [5.74, 6) is 1.46. The van der Waals surface area contributed by atoms with E-state index in [1.165, 1.54) is 0 Å². The minimum Gasteiger partial charge on any atom is -0.495 e. The van der Waals surface area contributed by atoms with Crippen LogP contribution in [0.4, 0.5) is 0 Å².